The van der Waals surface area contributed by atoms with E-state index >= 15 is 0 Å². The van der Waals surface area contributed by atoms with Gasteiger partial charge in [0.25, 0.3) is 0 Å². The van der Waals surface area contributed by atoms with Crippen molar-refractivity contribution in [1.82, 2.24) is 0 Å². The highest BCUT2D eigenvalue weighted by atomic mass is 19.1. The molecular formula is C11H18FN. The predicted molar refractivity (Wildman–Crippen MR) is 49.9 cm³/mol. The van der Waals surface area contributed by atoms with Crippen LogP contribution in [-0.4, -0.2) is 12.7 Å². The van der Waals surface area contributed by atoms with E-state index in [1.165, 1.54) is 6.42 Å². The Labute approximate surface area is 78.9 Å². The lowest BCUT2D eigenvalue weighted by Gasteiger charge is -2.57. The van der Waals surface area contributed by atoms with Crippen LogP contribution in [0.5, 0.6) is 0 Å². The summed E-state index contributed by atoms with van der Waals surface area (Å²) in [5.74, 6) is 1.55. The molecule has 4 rings (SSSR count). The summed E-state index contributed by atoms with van der Waals surface area (Å²) in [4.78, 5) is 0. The maximum Gasteiger partial charge on any atom is 0.106 e. The summed E-state index contributed by atoms with van der Waals surface area (Å²) in [6.07, 6.45) is 5.27. The maximum absolute atomic E-state index is 13.8. The van der Waals surface area contributed by atoms with E-state index in [9.17, 15) is 4.39 Å². The summed E-state index contributed by atoms with van der Waals surface area (Å²) in [5.41, 5.74) is 6.21. The van der Waals surface area contributed by atoms with Crippen LogP contribution in [0.2, 0.25) is 0 Å². The fourth-order valence-electron chi connectivity index (χ4n) is 4.38. The first kappa shape index (κ1) is 8.22. The highest BCUT2D eigenvalue weighted by Gasteiger charge is 2.54. The molecule has 4 aliphatic carbocycles. The standard InChI is InChI=1S/C11H18FN/c12-10-8-1-7-2-9(10)5-11(3-7,4-8)6-13/h7-10H,1-6,13H2. The molecule has 2 atom stereocenters. The highest BCUT2D eigenvalue weighted by Crippen LogP contribution is 2.60. The van der Waals surface area contributed by atoms with Gasteiger partial charge in [-0.25, -0.2) is 4.39 Å². The van der Waals surface area contributed by atoms with Gasteiger partial charge in [-0.1, -0.05) is 0 Å². The van der Waals surface area contributed by atoms with Crippen LogP contribution in [0.1, 0.15) is 32.1 Å². The summed E-state index contributed by atoms with van der Waals surface area (Å²) in [6.45, 7) is 0.795. The first-order valence-electron chi connectivity index (χ1n) is 5.57. The fraction of sp³-hybridized carbons (Fsp3) is 1.00. The molecule has 0 aromatic rings. The van der Waals surface area contributed by atoms with E-state index in [0.29, 0.717) is 17.3 Å². The largest absolute Gasteiger partial charge is 0.330 e. The van der Waals surface area contributed by atoms with Crippen LogP contribution in [0.15, 0.2) is 0 Å². The highest BCUT2D eigenvalue weighted by molar-refractivity contribution is 5.05. The van der Waals surface area contributed by atoms with Gasteiger partial charge < -0.3 is 5.73 Å². The Bertz CT molecular complexity index is 212. The molecule has 0 saturated heterocycles. The number of halogens is 1. The molecule has 1 nitrogen and oxygen atoms in total. The molecule has 4 bridgehead atoms. The van der Waals surface area contributed by atoms with Crippen LogP contribution in [-0.2, 0) is 0 Å². The lowest BCUT2D eigenvalue weighted by atomic mass is 9.49. The zero-order valence-corrected chi connectivity index (χ0v) is 8.01. The molecule has 4 saturated carbocycles. The topological polar surface area (TPSA) is 26.0 Å². The number of hydrogen-bond acceptors (Lipinski definition) is 1. The van der Waals surface area contributed by atoms with Crippen LogP contribution in [0.3, 0.4) is 0 Å². The van der Waals surface area contributed by atoms with Gasteiger partial charge in [0.15, 0.2) is 0 Å². The van der Waals surface area contributed by atoms with E-state index in [-0.39, 0.29) is 0 Å². The van der Waals surface area contributed by atoms with Gasteiger partial charge in [-0.05, 0) is 61.8 Å². The Morgan fingerprint density at radius 3 is 2.31 bits per heavy atom. The molecule has 13 heavy (non-hydrogen) atoms. The third-order valence-corrected chi connectivity index (χ3v) is 4.72. The van der Waals surface area contributed by atoms with Gasteiger partial charge in [-0.3, -0.25) is 0 Å². The van der Waals surface area contributed by atoms with Crippen molar-refractivity contribution in [2.24, 2.45) is 28.9 Å². The minimum Gasteiger partial charge on any atom is -0.330 e. The van der Waals surface area contributed by atoms with Gasteiger partial charge in [0, 0.05) is 0 Å². The zero-order valence-electron chi connectivity index (χ0n) is 8.01. The molecule has 4 fully saturated rings. The van der Waals surface area contributed by atoms with E-state index in [4.69, 9.17) is 5.73 Å². The maximum atomic E-state index is 13.8. The quantitative estimate of drug-likeness (QED) is 0.662. The summed E-state index contributed by atoms with van der Waals surface area (Å²) in [6, 6.07) is 0. The number of hydrogen-bond donors (Lipinski definition) is 1. The van der Waals surface area contributed by atoms with Crippen molar-refractivity contribution >= 4 is 0 Å². The zero-order chi connectivity index (χ0) is 9.05. The molecule has 0 aromatic heterocycles. The number of nitrogens with two attached hydrogens (primary N) is 1. The van der Waals surface area contributed by atoms with Crippen LogP contribution in [0, 0.1) is 23.2 Å². The van der Waals surface area contributed by atoms with Crippen molar-refractivity contribution < 1.29 is 4.39 Å². The predicted octanol–water partition coefficient (Wildman–Crippen LogP) is 2.11. The van der Waals surface area contributed by atoms with Gasteiger partial charge in [-0.15, -0.1) is 0 Å². The minimum atomic E-state index is -0.490. The molecule has 4 aliphatic rings. The average molecular weight is 183 g/mol. The third-order valence-electron chi connectivity index (χ3n) is 4.72. The van der Waals surface area contributed by atoms with E-state index in [2.05, 4.69) is 0 Å². The number of alkyl halides is 1. The Kier molecular flexibility index (Phi) is 1.56. The second-order valence-corrected chi connectivity index (χ2v) is 5.62. The monoisotopic (exact) mass is 183 g/mol. The lowest BCUT2D eigenvalue weighted by Crippen LogP contribution is -2.54. The van der Waals surface area contributed by atoms with Crippen molar-refractivity contribution in [3.8, 4) is 0 Å². The normalized spacial score (nSPS) is 58.6. The molecule has 0 spiro atoms. The molecular weight excluding hydrogens is 165 g/mol. The first-order chi connectivity index (χ1) is 6.22. The molecule has 2 heteroatoms. The molecule has 0 aliphatic heterocycles. The minimum absolute atomic E-state index is 0.360. The van der Waals surface area contributed by atoms with Crippen molar-refractivity contribution in [2.75, 3.05) is 6.54 Å². The summed E-state index contributed by atoms with van der Waals surface area (Å²) in [5, 5.41) is 0. The smallest absolute Gasteiger partial charge is 0.106 e. The Morgan fingerprint density at radius 1 is 1.15 bits per heavy atom. The SMILES string of the molecule is NCC12CC3CC(C1)C(F)C(C3)C2. The van der Waals surface area contributed by atoms with Crippen LogP contribution >= 0.6 is 0 Å². The van der Waals surface area contributed by atoms with Crippen LogP contribution in [0.25, 0.3) is 0 Å². The first-order valence-corrected chi connectivity index (χ1v) is 5.57. The van der Waals surface area contributed by atoms with Gasteiger partial charge in [0.1, 0.15) is 6.17 Å². The average Bonchev–Trinajstić information content (AvgIpc) is 2.13. The van der Waals surface area contributed by atoms with Gasteiger partial charge >= 0.3 is 0 Å². The Hall–Kier alpha value is -0.110. The molecule has 0 heterocycles. The fourth-order valence-corrected chi connectivity index (χ4v) is 4.38. The second kappa shape index (κ2) is 2.47. The van der Waals surface area contributed by atoms with E-state index < -0.39 is 6.17 Å². The Morgan fingerprint density at radius 2 is 1.77 bits per heavy atom. The van der Waals surface area contributed by atoms with Gasteiger partial charge in [0.05, 0.1) is 0 Å². The third kappa shape index (κ3) is 1.01. The Balaban J connectivity index is 1.92. The van der Waals surface area contributed by atoms with E-state index in [0.717, 1.165) is 38.1 Å². The van der Waals surface area contributed by atoms with Crippen LogP contribution < -0.4 is 5.73 Å². The molecule has 0 amide bonds. The van der Waals surface area contributed by atoms with Crippen molar-refractivity contribution in [3.05, 3.63) is 0 Å². The molecule has 2 N–H and O–H groups in total. The van der Waals surface area contributed by atoms with Crippen molar-refractivity contribution in [3.63, 3.8) is 0 Å². The molecule has 0 radical (unpaired) electrons. The number of rotatable bonds is 1. The molecule has 74 valence electrons. The lowest BCUT2D eigenvalue weighted by molar-refractivity contribution is -0.100. The van der Waals surface area contributed by atoms with Crippen LogP contribution in [0.4, 0.5) is 4.39 Å². The summed E-state index contributed by atoms with van der Waals surface area (Å²) in [7, 11) is 0. The molecule has 0 aromatic carbocycles. The molecule has 2 unspecified atom stereocenters. The van der Waals surface area contributed by atoms with Gasteiger partial charge in [-0.2, -0.15) is 0 Å². The van der Waals surface area contributed by atoms with E-state index in [1.807, 2.05) is 0 Å². The van der Waals surface area contributed by atoms with Crippen molar-refractivity contribution in [2.45, 2.75) is 38.3 Å². The summed E-state index contributed by atoms with van der Waals surface area (Å²) < 4.78 is 13.8. The second-order valence-electron chi connectivity index (χ2n) is 5.62. The van der Waals surface area contributed by atoms with Gasteiger partial charge in [0.2, 0.25) is 0 Å². The summed E-state index contributed by atoms with van der Waals surface area (Å²) >= 11 is 0. The van der Waals surface area contributed by atoms with Crippen molar-refractivity contribution in [1.29, 1.82) is 0 Å². The van der Waals surface area contributed by atoms with E-state index in [1.54, 1.807) is 0 Å².